The largest absolute Gasteiger partial charge is 0.457 e. The average Bonchev–Trinajstić information content (AvgIpc) is 2.90. The van der Waals surface area contributed by atoms with Gasteiger partial charge in [0.05, 0.1) is 16.6 Å². The Morgan fingerprint density at radius 1 is 1.23 bits per heavy atom. The van der Waals surface area contributed by atoms with Gasteiger partial charge in [-0.3, -0.25) is 0 Å². The van der Waals surface area contributed by atoms with Crippen LogP contribution in [0.4, 0.5) is 4.39 Å². The van der Waals surface area contributed by atoms with E-state index in [1.165, 1.54) is 24.3 Å². The van der Waals surface area contributed by atoms with Crippen molar-refractivity contribution in [2.45, 2.75) is 6.61 Å². The first-order valence-corrected chi connectivity index (χ1v) is 6.60. The zero-order chi connectivity index (χ0) is 15.5. The lowest BCUT2D eigenvalue weighted by molar-refractivity contribution is 0.0472. The lowest BCUT2D eigenvalue weighted by Gasteiger charge is -2.03. The molecule has 0 atom stereocenters. The first-order chi connectivity index (χ1) is 10.7. The molecule has 0 aliphatic rings. The zero-order valence-corrected chi connectivity index (χ0v) is 11.5. The van der Waals surface area contributed by atoms with Gasteiger partial charge in [-0.25, -0.2) is 9.18 Å². The Kier molecular flexibility index (Phi) is 3.58. The van der Waals surface area contributed by atoms with Crippen LogP contribution in [0.15, 0.2) is 54.9 Å². The topological polar surface area (TPSA) is 54.5 Å². The lowest BCUT2D eigenvalue weighted by Crippen LogP contribution is -2.05. The highest BCUT2D eigenvalue weighted by atomic mass is 19.1. The fourth-order valence-electron chi connectivity index (χ4n) is 2.23. The highest BCUT2D eigenvalue weighted by Crippen LogP contribution is 2.19. The Morgan fingerprint density at radius 2 is 2.00 bits per heavy atom. The Morgan fingerprint density at radius 3 is 2.73 bits per heavy atom. The lowest BCUT2D eigenvalue weighted by atomic mass is 10.2. The Bertz CT molecular complexity index is 876. The van der Waals surface area contributed by atoms with Crippen molar-refractivity contribution in [3.05, 3.63) is 77.4 Å². The fraction of sp³-hybridized carbons (Fsp3) is 0.0588. The molecule has 0 saturated heterocycles. The molecule has 0 spiro atoms. The third-order valence-electron chi connectivity index (χ3n) is 3.31. The van der Waals surface area contributed by atoms with Gasteiger partial charge in [0, 0.05) is 18.0 Å². The van der Waals surface area contributed by atoms with E-state index < -0.39 is 11.8 Å². The van der Waals surface area contributed by atoms with Gasteiger partial charge in [0.15, 0.2) is 0 Å². The van der Waals surface area contributed by atoms with Crippen molar-refractivity contribution < 1.29 is 13.9 Å². The first-order valence-electron chi connectivity index (χ1n) is 6.60. The molecule has 2 aromatic heterocycles. The summed E-state index contributed by atoms with van der Waals surface area (Å²) < 4.78 is 19.8. The predicted octanol–water partition coefficient (Wildman–Crippen LogP) is 3.31. The molecule has 4 nitrogen and oxygen atoms in total. The molecular weight excluding hydrogens is 283 g/mol. The quantitative estimate of drug-likeness (QED) is 0.696. The minimum atomic E-state index is -0.556. The fourth-order valence-corrected chi connectivity index (χ4v) is 2.23. The summed E-state index contributed by atoms with van der Waals surface area (Å²) >= 11 is 0. The van der Waals surface area contributed by atoms with Crippen molar-refractivity contribution in [1.29, 1.82) is 5.26 Å². The van der Waals surface area contributed by atoms with Crippen LogP contribution in [0.2, 0.25) is 0 Å². The van der Waals surface area contributed by atoms with Gasteiger partial charge in [-0.15, -0.1) is 0 Å². The second kappa shape index (κ2) is 5.70. The van der Waals surface area contributed by atoms with E-state index in [0.717, 1.165) is 5.52 Å². The molecule has 108 valence electrons. The van der Waals surface area contributed by atoms with Crippen molar-refractivity contribution >= 4 is 11.5 Å². The number of rotatable bonds is 3. The molecule has 1 aromatic carbocycles. The molecule has 0 saturated carbocycles. The van der Waals surface area contributed by atoms with Crippen LogP contribution in [0.5, 0.6) is 0 Å². The van der Waals surface area contributed by atoms with E-state index in [-0.39, 0.29) is 12.2 Å². The van der Waals surface area contributed by atoms with Crippen molar-refractivity contribution in [1.82, 2.24) is 4.40 Å². The monoisotopic (exact) mass is 294 g/mol. The number of hydrogen-bond donors (Lipinski definition) is 0. The molecule has 0 amide bonds. The van der Waals surface area contributed by atoms with Crippen LogP contribution >= 0.6 is 0 Å². The summed E-state index contributed by atoms with van der Waals surface area (Å²) in [5, 5.41) is 9.27. The van der Waals surface area contributed by atoms with Crippen LogP contribution < -0.4 is 0 Å². The summed E-state index contributed by atoms with van der Waals surface area (Å²) in [4.78, 5) is 11.9. The molecule has 0 unspecified atom stereocenters. The number of esters is 1. The minimum absolute atomic E-state index is 0.0131. The van der Waals surface area contributed by atoms with Crippen LogP contribution in [-0.2, 0) is 11.3 Å². The molecule has 0 N–H and O–H groups in total. The molecule has 0 fully saturated rings. The number of halogens is 1. The molecule has 0 aliphatic carbocycles. The number of nitrogens with zero attached hydrogens (tertiary/aromatic N) is 2. The van der Waals surface area contributed by atoms with Crippen LogP contribution in [0.1, 0.15) is 21.5 Å². The van der Waals surface area contributed by atoms with E-state index in [1.807, 2.05) is 24.4 Å². The normalized spacial score (nSPS) is 10.4. The van der Waals surface area contributed by atoms with Gasteiger partial charge in [0.2, 0.25) is 0 Å². The van der Waals surface area contributed by atoms with Gasteiger partial charge in [-0.05, 0) is 36.4 Å². The van der Waals surface area contributed by atoms with Crippen LogP contribution in [0.25, 0.3) is 5.52 Å². The molecule has 22 heavy (non-hydrogen) atoms. The van der Waals surface area contributed by atoms with E-state index in [4.69, 9.17) is 4.74 Å². The highest BCUT2D eigenvalue weighted by Gasteiger charge is 2.13. The number of nitriles is 1. The van der Waals surface area contributed by atoms with Crippen molar-refractivity contribution in [2.75, 3.05) is 0 Å². The van der Waals surface area contributed by atoms with E-state index >= 15 is 0 Å². The maximum atomic E-state index is 12.8. The van der Waals surface area contributed by atoms with Crippen molar-refractivity contribution in [2.24, 2.45) is 0 Å². The Labute approximate surface area is 126 Å². The molecule has 0 radical (unpaired) electrons. The summed E-state index contributed by atoms with van der Waals surface area (Å²) in [6.07, 6.45) is 3.58. The number of carbonyl (C=O) groups excluding carboxylic acids is 1. The zero-order valence-electron chi connectivity index (χ0n) is 11.5. The maximum Gasteiger partial charge on any atom is 0.338 e. The third kappa shape index (κ3) is 2.54. The molecular formula is C17H11FN2O2. The maximum absolute atomic E-state index is 12.8. The number of benzene rings is 1. The Balaban J connectivity index is 1.81. The van der Waals surface area contributed by atoms with E-state index in [2.05, 4.69) is 6.07 Å². The van der Waals surface area contributed by atoms with Gasteiger partial charge in [-0.2, -0.15) is 5.26 Å². The smallest absolute Gasteiger partial charge is 0.338 e. The van der Waals surface area contributed by atoms with Crippen LogP contribution in [0, 0.1) is 17.1 Å². The average molecular weight is 294 g/mol. The number of fused-ring (bicyclic) bond motifs is 1. The van der Waals surface area contributed by atoms with Crippen molar-refractivity contribution in [3.8, 4) is 6.07 Å². The molecule has 0 aliphatic heterocycles. The van der Waals surface area contributed by atoms with Gasteiger partial charge >= 0.3 is 5.97 Å². The highest BCUT2D eigenvalue weighted by molar-refractivity contribution is 5.89. The molecule has 5 heteroatoms. The van der Waals surface area contributed by atoms with Gasteiger partial charge in [0.25, 0.3) is 0 Å². The second-order valence-electron chi connectivity index (χ2n) is 4.72. The summed E-state index contributed by atoms with van der Waals surface area (Å²) in [7, 11) is 0. The first kappa shape index (κ1) is 13.8. The summed E-state index contributed by atoms with van der Waals surface area (Å²) in [6.45, 7) is -0.0131. The predicted molar refractivity (Wildman–Crippen MR) is 77.6 cm³/mol. The second-order valence-corrected chi connectivity index (χ2v) is 4.72. The van der Waals surface area contributed by atoms with Gasteiger partial charge < -0.3 is 9.14 Å². The summed E-state index contributed by atoms with van der Waals surface area (Å²) in [5.74, 6) is -0.971. The van der Waals surface area contributed by atoms with E-state index in [0.29, 0.717) is 11.1 Å². The van der Waals surface area contributed by atoms with Crippen LogP contribution in [-0.4, -0.2) is 10.4 Å². The minimum Gasteiger partial charge on any atom is -0.457 e. The van der Waals surface area contributed by atoms with Gasteiger partial charge in [-0.1, -0.05) is 6.07 Å². The van der Waals surface area contributed by atoms with E-state index in [1.54, 1.807) is 10.6 Å². The number of aromatic nitrogens is 1. The number of pyridine rings is 1. The van der Waals surface area contributed by atoms with Gasteiger partial charge in [0.1, 0.15) is 18.5 Å². The number of hydrogen-bond acceptors (Lipinski definition) is 3. The molecule has 0 bridgehead atoms. The summed E-state index contributed by atoms with van der Waals surface area (Å²) in [5.41, 5.74) is 2.14. The van der Waals surface area contributed by atoms with Crippen LogP contribution in [0.3, 0.4) is 0 Å². The third-order valence-corrected chi connectivity index (χ3v) is 3.31. The SMILES string of the molecule is N#Cc1c(COC(=O)c2ccc(F)cc2)cn2ccccc12. The number of carbonyl (C=O) groups is 1. The molecule has 2 heterocycles. The molecule has 3 aromatic rings. The summed E-state index contributed by atoms with van der Waals surface area (Å²) in [6, 6.07) is 12.8. The number of ether oxygens (including phenoxy) is 1. The van der Waals surface area contributed by atoms with Crippen molar-refractivity contribution in [3.63, 3.8) is 0 Å². The van der Waals surface area contributed by atoms with E-state index in [9.17, 15) is 14.4 Å². The standard InChI is InChI=1S/C17H11FN2O2/c18-14-6-4-12(5-7-14)17(21)22-11-13-10-20-8-2-1-3-16(20)15(13)9-19/h1-8,10H,11H2. The Hall–Kier alpha value is -3.13. The molecule has 3 rings (SSSR count).